The summed E-state index contributed by atoms with van der Waals surface area (Å²) in [6, 6.07) is 8.31. The van der Waals surface area contributed by atoms with E-state index in [-0.39, 0.29) is 18.3 Å². The van der Waals surface area contributed by atoms with E-state index in [9.17, 15) is 4.79 Å². The Morgan fingerprint density at radius 1 is 1.19 bits per heavy atom. The fourth-order valence-corrected chi connectivity index (χ4v) is 2.87. The summed E-state index contributed by atoms with van der Waals surface area (Å²) in [5.74, 6) is 1.33. The molecular formula is C18H28ClNO. The van der Waals surface area contributed by atoms with Gasteiger partial charge in [-0.15, -0.1) is 12.4 Å². The second kappa shape index (κ2) is 9.22. The van der Waals surface area contributed by atoms with E-state index in [4.69, 9.17) is 0 Å². The van der Waals surface area contributed by atoms with Gasteiger partial charge >= 0.3 is 0 Å². The van der Waals surface area contributed by atoms with Crippen LogP contribution in [-0.4, -0.2) is 18.9 Å². The van der Waals surface area contributed by atoms with Crippen molar-refractivity contribution in [3.8, 4) is 0 Å². The Balaban J connectivity index is 0.00000220. The zero-order chi connectivity index (χ0) is 14.4. The lowest BCUT2D eigenvalue weighted by atomic mass is 9.89. The number of benzene rings is 1. The van der Waals surface area contributed by atoms with E-state index < -0.39 is 0 Å². The van der Waals surface area contributed by atoms with Crippen LogP contribution >= 0.6 is 12.4 Å². The second-order valence-electron chi connectivity index (χ2n) is 6.37. The highest BCUT2D eigenvalue weighted by Gasteiger charge is 2.21. The summed E-state index contributed by atoms with van der Waals surface area (Å²) < 4.78 is 0. The lowest BCUT2D eigenvalue weighted by molar-refractivity contribution is 0.0895. The molecule has 0 atom stereocenters. The molecule has 0 spiro atoms. The maximum absolute atomic E-state index is 12.4. The van der Waals surface area contributed by atoms with Crippen LogP contribution in [0.1, 0.15) is 55.5 Å². The average molecular weight is 310 g/mol. The summed E-state index contributed by atoms with van der Waals surface area (Å²) in [6.45, 7) is 6.48. The highest BCUT2D eigenvalue weighted by Crippen LogP contribution is 2.19. The molecule has 1 aromatic rings. The van der Waals surface area contributed by atoms with Crippen molar-refractivity contribution in [2.45, 2.75) is 46.0 Å². The molecule has 1 N–H and O–H groups in total. The van der Waals surface area contributed by atoms with Crippen molar-refractivity contribution in [1.82, 2.24) is 5.32 Å². The highest BCUT2D eigenvalue weighted by atomic mass is 35.5. The minimum Gasteiger partial charge on any atom is -0.317 e. The minimum atomic E-state index is 0. The normalized spacial score (nSPS) is 15.8. The van der Waals surface area contributed by atoms with E-state index in [1.165, 1.54) is 18.4 Å². The van der Waals surface area contributed by atoms with Crippen molar-refractivity contribution >= 4 is 18.2 Å². The van der Waals surface area contributed by atoms with E-state index >= 15 is 0 Å². The molecule has 3 heteroatoms. The van der Waals surface area contributed by atoms with Crippen molar-refractivity contribution in [3.63, 3.8) is 0 Å². The minimum absolute atomic E-state index is 0. The maximum Gasteiger partial charge on any atom is 0.166 e. The molecule has 21 heavy (non-hydrogen) atoms. The topological polar surface area (TPSA) is 29.1 Å². The van der Waals surface area contributed by atoms with Crippen molar-refractivity contribution in [2.75, 3.05) is 13.1 Å². The van der Waals surface area contributed by atoms with E-state index in [1.807, 2.05) is 12.1 Å². The number of aryl methyl sites for hydroxylation is 1. The van der Waals surface area contributed by atoms with Gasteiger partial charge in [0.1, 0.15) is 0 Å². The molecule has 2 rings (SSSR count). The number of piperidine rings is 1. The number of carbonyl (C=O) groups excluding carboxylic acids is 1. The Morgan fingerprint density at radius 2 is 1.81 bits per heavy atom. The third kappa shape index (κ3) is 5.80. The molecule has 118 valence electrons. The molecule has 0 aromatic heterocycles. The quantitative estimate of drug-likeness (QED) is 0.795. The smallest absolute Gasteiger partial charge is 0.166 e. The Kier molecular flexibility index (Phi) is 7.98. The molecule has 2 nitrogen and oxygen atoms in total. The van der Waals surface area contributed by atoms with Gasteiger partial charge in [-0.2, -0.15) is 0 Å². The van der Waals surface area contributed by atoms with Crippen LogP contribution in [0.3, 0.4) is 0 Å². The van der Waals surface area contributed by atoms with Gasteiger partial charge in [-0.1, -0.05) is 44.5 Å². The van der Waals surface area contributed by atoms with Gasteiger partial charge in [-0.3, -0.25) is 4.79 Å². The lowest BCUT2D eigenvalue weighted by Gasteiger charge is -2.21. The Morgan fingerprint density at radius 3 is 2.38 bits per heavy atom. The lowest BCUT2D eigenvalue weighted by Crippen LogP contribution is -2.31. The largest absolute Gasteiger partial charge is 0.317 e. The number of carbonyl (C=O) groups is 1. The first-order valence-corrected chi connectivity index (χ1v) is 8.00. The summed E-state index contributed by atoms with van der Waals surface area (Å²) in [4.78, 5) is 12.4. The highest BCUT2D eigenvalue weighted by molar-refractivity contribution is 5.97. The molecule has 1 heterocycles. The number of nitrogens with one attached hydrogen (secondary N) is 1. The molecule has 1 fully saturated rings. The number of rotatable bonds is 6. The molecule has 0 aliphatic carbocycles. The zero-order valence-electron chi connectivity index (χ0n) is 13.2. The van der Waals surface area contributed by atoms with Crippen molar-refractivity contribution in [1.29, 1.82) is 0 Å². The van der Waals surface area contributed by atoms with Crippen LogP contribution in [0.2, 0.25) is 0 Å². The van der Waals surface area contributed by atoms with E-state index in [1.54, 1.807) is 0 Å². The standard InChI is InChI=1S/C18H27NO.ClH/c1-14(2)4-3-5-15-6-8-16(9-7-15)18(20)17-10-12-19-13-11-17;/h6-9,14,17,19H,3-5,10-13H2,1-2H3;1H. The summed E-state index contributed by atoms with van der Waals surface area (Å²) >= 11 is 0. The molecule has 0 bridgehead atoms. The van der Waals surface area contributed by atoms with E-state index in [0.29, 0.717) is 5.78 Å². The third-order valence-electron chi connectivity index (χ3n) is 4.20. The first-order chi connectivity index (χ1) is 9.66. The molecule has 1 saturated heterocycles. The Hall–Kier alpha value is -0.860. The van der Waals surface area contributed by atoms with Crippen LogP contribution in [0.15, 0.2) is 24.3 Å². The third-order valence-corrected chi connectivity index (χ3v) is 4.20. The molecule has 1 aromatic carbocycles. The number of halogens is 1. The summed E-state index contributed by atoms with van der Waals surface area (Å²) in [7, 11) is 0. The van der Waals surface area contributed by atoms with Gasteiger partial charge in [0.25, 0.3) is 0 Å². The maximum atomic E-state index is 12.4. The van der Waals surface area contributed by atoms with Crippen LogP contribution in [-0.2, 0) is 6.42 Å². The zero-order valence-corrected chi connectivity index (χ0v) is 14.0. The van der Waals surface area contributed by atoms with Crippen LogP contribution in [0.5, 0.6) is 0 Å². The van der Waals surface area contributed by atoms with E-state index in [2.05, 4.69) is 31.3 Å². The SMILES string of the molecule is CC(C)CCCc1ccc(C(=O)C2CCNCC2)cc1.Cl. The van der Waals surface area contributed by atoms with Crippen LogP contribution in [0.4, 0.5) is 0 Å². The van der Waals surface area contributed by atoms with Crippen molar-refractivity contribution in [2.24, 2.45) is 11.8 Å². The Labute approximate surface area is 135 Å². The van der Waals surface area contributed by atoms with Crippen molar-refractivity contribution < 1.29 is 4.79 Å². The van der Waals surface area contributed by atoms with Gasteiger partial charge in [0, 0.05) is 11.5 Å². The molecule has 0 amide bonds. The molecule has 0 radical (unpaired) electrons. The fourth-order valence-electron chi connectivity index (χ4n) is 2.87. The van der Waals surface area contributed by atoms with Gasteiger partial charge in [0.2, 0.25) is 0 Å². The average Bonchev–Trinajstić information content (AvgIpc) is 2.48. The van der Waals surface area contributed by atoms with E-state index in [0.717, 1.165) is 43.8 Å². The van der Waals surface area contributed by atoms with Gasteiger partial charge in [0.05, 0.1) is 0 Å². The Bertz CT molecular complexity index is 421. The number of Topliss-reactive ketones (excluding diaryl/α,β-unsaturated/α-hetero) is 1. The van der Waals surface area contributed by atoms with Crippen LogP contribution < -0.4 is 5.32 Å². The summed E-state index contributed by atoms with van der Waals surface area (Å²) in [6.07, 6.45) is 5.60. The first-order valence-electron chi connectivity index (χ1n) is 8.00. The van der Waals surface area contributed by atoms with Crippen molar-refractivity contribution in [3.05, 3.63) is 35.4 Å². The monoisotopic (exact) mass is 309 g/mol. The molecule has 0 saturated carbocycles. The molecule has 1 aliphatic heterocycles. The van der Waals surface area contributed by atoms with Gasteiger partial charge in [-0.05, 0) is 50.3 Å². The predicted molar refractivity (Wildman–Crippen MR) is 91.4 cm³/mol. The number of ketones is 1. The van der Waals surface area contributed by atoms with Gasteiger partial charge in [0.15, 0.2) is 5.78 Å². The second-order valence-corrected chi connectivity index (χ2v) is 6.37. The van der Waals surface area contributed by atoms with Crippen LogP contribution in [0, 0.1) is 11.8 Å². The predicted octanol–water partition coefficient (Wildman–Crippen LogP) is 4.27. The summed E-state index contributed by atoms with van der Waals surface area (Å²) in [5, 5.41) is 3.31. The first kappa shape index (κ1) is 18.2. The molecule has 0 unspecified atom stereocenters. The number of hydrogen-bond acceptors (Lipinski definition) is 2. The summed E-state index contributed by atoms with van der Waals surface area (Å²) in [5.41, 5.74) is 2.25. The molecular weight excluding hydrogens is 282 g/mol. The fraction of sp³-hybridized carbons (Fsp3) is 0.611. The van der Waals surface area contributed by atoms with Gasteiger partial charge < -0.3 is 5.32 Å². The van der Waals surface area contributed by atoms with Crippen LogP contribution in [0.25, 0.3) is 0 Å². The molecule has 1 aliphatic rings. The number of hydrogen-bond donors (Lipinski definition) is 1. The van der Waals surface area contributed by atoms with Gasteiger partial charge in [-0.25, -0.2) is 0 Å².